The van der Waals surface area contributed by atoms with Crippen LogP contribution in [0.3, 0.4) is 0 Å². The van der Waals surface area contributed by atoms with E-state index in [1.807, 2.05) is 24.3 Å². The molecule has 0 aliphatic rings. The fourth-order valence-corrected chi connectivity index (χ4v) is 4.08. The first-order valence-corrected chi connectivity index (χ1v) is 13.9. The minimum Gasteiger partial charge on any atom is -0.493 e. The molecule has 0 saturated carbocycles. The molecule has 0 spiro atoms. The number of hydrogen-bond donors (Lipinski definition) is 0. The average Bonchev–Trinajstić information content (AvgIpc) is 2.87. The van der Waals surface area contributed by atoms with Crippen LogP contribution in [0.2, 0.25) is 0 Å². The summed E-state index contributed by atoms with van der Waals surface area (Å²) in [5.41, 5.74) is 0.991. The maximum absolute atomic E-state index is 5.98. The summed E-state index contributed by atoms with van der Waals surface area (Å²) in [7, 11) is 0. The molecule has 4 nitrogen and oxygen atoms in total. The first-order valence-electron chi connectivity index (χ1n) is 13.9. The van der Waals surface area contributed by atoms with E-state index in [4.69, 9.17) is 9.47 Å². The monoisotopic (exact) mass is 468 g/mol. The zero-order valence-electron chi connectivity index (χ0n) is 22.1. The summed E-state index contributed by atoms with van der Waals surface area (Å²) < 4.78 is 11.8. The fourth-order valence-electron chi connectivity index (χ4n) is 4.08. The minimum atomic E-state index is 0.586. The zero-order chi connectivity index (χ0) is 24.3. The van der Waals surface area contributed by atoms with Crippen molar-refractivity contribution in [1.29, 1.82) is 0 Å². The molecule has 0 aliphatic carbocycles. The standard InChI is InChI=1S/C30H48N2O2/c1-4-6-8-10-11-12-13-14-16-22-33-29-23-31-30(32-24-29)27-18-20-28(21-19-27)34-25-26(3)17-15-9-7-5-2/h18-21,23-24,26H,4-17,22,25H2,1-3H3. The normalized spacial score (nSPS) is 12.0. The fraction of sp³-hybridized carbons (Fsp3) is 0.667. The molecule has 0 radical (unpaired) electrons. The van der Waals surface area contributed by atoms with Gasteiger partial charge in [0.1, 0.15) is 5.75 Å². The molecule has 0 bridgehead atoms. The van der Waals surface area contributed by atoms with E-state index in [9.17, 15) is 0 Å². The molecule has 1 aromatic carbocycles. The first-order chi connectivity index (χ1) is 16.7. The maximum atomic E-state index is 5.98. The van der Waals surface area contributed by atoms with Crippen LogP contribution in [0.1, 0.15) is 111 Å². The predicted octanol–water partition coefficient (Wildman–Crippen LogP) is 9.04. The molecule has 0 saturated heterocycles. The first kappa shape index (κ1) is 28.1. The number of ether oxygens (including phenoxy) is 2. The highest BCUT2D eigenvalue weighted by atomic mass is 16.5. The topological polar surface area (TPSA) is 44.2 Å². The Hall–Kier alpha value is -2.10. The third-order valence-corrected chi connectivity index (χ3v) is 6.34. The lowest BCUT2D eigenvalue weighted by Gasteiger charge is -2.13. The van der Waals surface area contributed by atoms with Gasteiger partial charge in [-0.25, -0.2) is 9.97 Å². The van der Waals surface area contributed by atoms with Gasteiger partial charge in [-0.2, -0.15) is 0 Å². The van der Waals surface area contributed by atoms with Crippen LogP contribution in [0.25, 0.3) is 11.4 Å². The number of unbranched alkanes of at least 4 members (excludes halogenated alkanes) is 11. The molecule has 0 amide bonds. The van der Waals surface area contributed by atoms with Gasteiger partial charge in [0.2, 0.25) is 0 Å². The van der Waals surface area contributed by atoms with Gasteiger partial charge in [-0.05, 0) is 43.0 Å². The lowest BCUT2D eigenvalue weighted by Crippen LogP contribution is -2.08. The van der Waals surface area contributed by atoms with Crippen molar-refractivity contribution in [2.45, 2.75) is 111 Å². The van der Waals surface area contributed by atoms with E-state index in [0.29, 0.717) is 11.7 Å². The molecule has 0 fully saturated rings. The van der Waals surface area contributed by atoms with Crippen molar-refractivity contribution in [3.05, 3.63) is 36.7 Å². The van der Waals surface area contributed by atoms with Gasteiger partial charge in [0, 0.05) is 5.56 Å². The van der Waals surface area contributed by atoms with Gasteiger partial charge in [-0.1, -0.05) is 97.8 Å². The Morgan fingerprint density at radius 2 is 1.21 bits per heavy atom. The highest BCUT2D eigenvalue weighted by Gasteiger charge is 2.06. The van der Waals surface area contributed by atoms with E-state index in [0.717, 1.165) is 36.7 Å². The lowest BCUT2D eigenvalue weighted by molar-refractivity contribution is 0.249. The van der Waals surface area contributed by atoms with Crippen molar-refractivity contribution in [2.75, 3.05) is 13.2 Å². The Balaban J connectivity index is 1.61. The number of nitrogens with zero attached hydrogens (tertiary/aromatic N) is 2. The molecular weight excluding hydrogens is 420 g/mol. The van der Waals surface area contributed by atoms with Gasteiger partial charge in [0.25, 0.3) is 0 Å². The summed E-state index contributed by atoms with van der Waals surface area (Å²) in [4.78, 5) is 8.98. The molecule has 2 aromatic rings. The second kappa shape index (κ2) is 18.3. The van der Waals surface area contributed by atoms with Crippen molar-refractivity contribution in [3.8, 4) is 22.9 Å². The molecule has 1 atom stereocenters. The van der Waals surface area contributed by atoms with Crippen LogP contribution >= 0.6 is 0 Å². The van der Waals surface area contributed by atoms with Crippen LogP contribution < -0.4 is 9.47 Å². The third-order valence-electron chi connectivity index (χ3n) is 6.34. The van der Waals surface area contributed by atoms with Crippen molar-refractivity contribution >= 4 is 0 Å². The minimum absolute atomic E-state index is 0.586. The molecule has 1 unspecified atom stereocenters. The van der Waals surface area contributed by atoms with Crippen LogP contribution in [0.5, 0.6) is 11.5 Å². The van der Waals surface area contributed by atoms with Gasteiger partial charge < -0.3 is 9.47 Å². The van der Waals surface area contributed by atoms with E-state index in [-0.39, 0.29) is 0 Å². The van der Waals surface area contributed by atoms with Gasteiger partial charge >= 0.3 is 0 Å². The molecule has 1 heterocycles. The molecule has 34 heavy (non-hydrogen) atoms. The summed E-state index contributed by atoms with van der Waals surface area (Å²) in [5, 5.41) is 0. The Morgan fingerprint density at radius 1 is 0.647 bits per heavy atom. The van der Waals surface area contributed by atoms with Gasteiger partial charge in [-0.3, -0.25) is 0 Å². The Bertz CT molecular complexity index is 730. The van der Waals surface area contributed by atoms with Crippen LogP contribution in [0, 0.1) is 5.92 Å². The summed E-state index contributed by atoms with van der Waals surface area (Å²) in [6.07, 6.45) is 21.9. The smallest absolute Gasteiger partial charge is 0.159 e. The van der Waals surface area contributed by atoms with Gasteiger partial charge in [-0.15, -0.1) is 0 Å². The van der Waals surface area contributed by atoms with Crippen LogP contribution in [-0.2, 0) is 0 Å². The van der Waals surface area contributed by atoms with Crippen molar-refractivity contribution in [1.82, 2.24) is 9.97 Å². The van der Waals surface area contributed by atoms with E-state index in [2.05, 4.69) is 30.7 Å². The highest BCUT2D eigenvalue weighted by Crippen LogP contribution is 2.21. The molecule has 0 aliphatic heterocycles. The second-order valence-corrected chi connectivity index (χ2v) is 9.71. The Labute approximate surface area is 208 Å². The number of benzene rings is 1. The zero-order valence-corrected chi connectivity index (χ0v) is 22.1. The molecule has 0 N–H and O–H groups in total. The summed E-state index contributed by atoms with van der Waals surface area (Å²) in [6, 6.07) is 8.08. The van der Waals surface area contributed by atoms with Gasteiger partial charge in [0.15, 0.2) is 11.6 Å². The van der Waals surface area contributed by atoms with Crippen LogP contribution in [0.4, 0.5) is 0 Å². The second-order valence-electron chi connectivity index (χ2n) is 9.71. The predicted molar refractivity (Wildman–Crippen MR) is 144 cm³/mol. The van der Waals surface area contributed by atoms with E-state index in [1.54, 1.807) is 12.4 Å². The van der Waals surface area contributed by atoms with Crippen LogP contribution in [0.15, 0.2) is 36.7 Å². The number of rotatable bonds is 20. The van der Waals surface area contributed by atoms with Crippen molar-refractivity contribution in [3.63, 3.8) is 0 Å². The van der Waals surface area contributed by atoms with E-state index in [1.165, 1.54) is 83.5 Å². The Morgan fingerprint density at radius 3 is 1.82 bits per heavy atom. The van der Waals surface area contributed by atoms with Crippen molar-refractivity contribution in [2.24, 2.45) is 5.92 Å². The van der Waals surface area contributed by atoms with Gasteiger partial charge in [0.05, 0.1) is 25.6 Å². The molecule has 4 heteroatoms. The summed E-state index contributed by atoms with van der Waals surface area (Å²) >= 11 is 0. The third kappa shape index (κ3) is 12.4. The largest absolute Gasteiger partial charge is 0.493 e. The molecule has 190 valence electrons. The molecule has 1 aromatic heterocycles. The summed E-state index contributed by atoms with van der Waals surface area (Å²) in [6.45, 7) is 8.30. The lowest BCUT2D eigenvalue weighted by atomic mass is 10.0. The summed E-state index contributed by atoms with van der Waals surface area (Å²) in [5.74, 6) is 2.95. The average molecular weight is 469 g/mol. The Kier molecular flexibility index (Phi) is 15.1. The molecular formula is C30H48N2O2. The van der Waals surface area contributed by atoms with Crippen molar-refractivity contribution < 1.29 is 9.47 Å². The quantitative estimate of drug-likeness (QED) is 0.182. The molecule has 2 rings (SSSR count). The van der Waals surface area contributed by atoms with E-state index < -0.39 is 0 Å². The maximum Gasteiger partial charge on any atom is 0.159 e. The number of aromatic nitrogens is 2. The highest BCUT2D eigenvalue weighted by molar-refractivity contribution is 5.56. The van der Waals surface area contributed by atoms with Crippen LogP contribution in [-0.4, -0.2) is 23.2 Å². The SMILES string of the molecule is CCCCCCCCCCCOc1cnc(-c2ccc(OCC(C)CCCCCC)cc2)nc1. The number of hydrogen-bond acceptors (Lipinski definition) is 4. The van der Waals surface area contributed by atoms with E-state index >= 15 is 0 Å².